The number of aromatic amines is 1. The lowest BCUT2D eigenvalue weighted by Gasteiger charge is -2.35. The number of likely N-dealkylation sites (N-methyl/N-ethyl adjacent to an activating group) is 1. The molecule has 1 fully saturated rings. The van der Waals surface area contributed by atoms with Crippen LogP contribution in [0.1, 0.15) is 29.9 Å². The third-order valence-electron chi connectivity index (χ3n) is 5.26. The van der Waals surface area contributed by atoms with Crippen molar-refractivity contribution in [3.05, 3.63) is 59.6 Å². The number of likely N-dealkylation sites (tertiary alicyclic amines) is 1. The summed E-state index contributed by atoms with van der Waals surface area (Å²) in [5, 5.41) is 1.41. The van der Waals surface area contributed by atoms with Gasteiger partial charge in [-0.15, -0.1) is 0 Å². The van der Waals surface area contributed by atoms with Gasteiger partial charge in [0.15, 0.2) is 0 Å². The SMILES string of the molecule is Cc1ccc2c(C3CCN(C4=CCN(C)C=C4)CC3)c[nH]c2c1. The molecule has 23 heavy (non-hydrogen) atoms. The van der Waals surface area contributed by atoms with E-state index in [0.29, 0.717) is 5.92 Å². The van der Waals surface area contributed by atoms with Gasteiger partial charge < -0.3 is 14.8 Å². The number of hydrogen-bond donors (Lipinski definition) is 1. The van der Waals surface area contributed by atoms with E-state index < -0.39 is 0 Å². The number of aromatic nitrogens is 1. The van der Waals surface area contributed by atoms with E-state index in [0.717, 1.165) is 19.6 Å². The first-order chi connectivity index (χ1) is 11.2. The Hall–Kier alpha value is -2.16. The maximum Gasteiger partial charge on any atom is 0.0459 e. The van der Waals surface area contributed by atoms with Crippen LogP contribution in [0.2, 0.25) is 0 Å². The molecule has 120 valence electrons. The minimum absolute atomic E-state index is 0.679. The van der Waals surface area contributed by atoms with Gasteiger partial charge in [-0.2, -0.15) is 0 Å². The zero-order valence-corrected chi connectivity index (χ0v) is 14.0. The molecule has 0 atom stereocenters. The molecular formula is C20H25N3. The molecule has 1 saturated heterocycles. The van der Waals surface area contributed by atoms with Crippen LogP contribution < -0.4 is 0 Å². The number of nitrogens with one attached hydrogen (secondary N) is 1. The van der Waals surface area contributed by atoms with Crippen LogP contribution in [0.15, 0.2) is 48.4 Å². The molecule has 0 unspecified atom stereocenters. The van der Waals surface area contributed by atoms with E-state index in [1.807, 2.05) is 0 Å². The van der Waals surface area contributed by atoms with Gasteiger partial charge in [-0.25, -0.2) is 0 Å². The molecule has 0 spiro atoms. The molecule has 0 saturated carbocycles. The maximum absolute atomic E-state index is 3.46. The van der Waals surface area contributed by atoms with Crippen molar-refractivity contribution in [1.82, 2.24) is 14.8 Å². The third kappa shape index (κ3) is 2.76. The molecule has 0 amide bonds. The summed E-state index contributed by atoms with van der Waals surface area (Å²) in [5.74, 6) is 0.679. The standard InChI is InChI=1S/C20H25N3/c1-15-3-4-18-19(14-21-20(18)13-15)16-5-11-23(12-6-16)17-7-9-22(2)10-8-17/h3-4,7-9,13-14,16,21H,5-6,10-12H2,1-2H3. The highest BCUT2D eigenvalue weighted by molar-refractivity contribution is 5.84. The first-order valence-corrected chi connectivity index (χ1v) is 8.62. The van der Waals surface area contributed by atoms with E-state index in [2.05, 4.69) is 71.5 Å². The molecule has 2 aliphatic heterocycles. The predicted molar refractivity (Wildman–Crippen MR) is 96.4 cm³/mol. The number of nitrogens with zero attached hydrogens (tertiary/aromatic N) is 2. The fraction of sp³-hybridized carbons (Fsp3) is 0.400. The van der Waals surface area contributed by atoms with Gasteiger partial charge in [0.25, 0.3) is 0 Å². The summed E-state index contributed by atoms with van der Waals surface area (Å²) >= 11 is 0. The van der Waals surface area contributed by atoms with Gasteiger partial charge in [0, 0.05) is 55.7 Å². The quantitative estimate of drug-likeness (QED) is 0.906. The van der Waals surface area contributed by atoms with Crippen LogP contribution >= 0.6 is 0 Å². The number of fused-ring (bicyclic) bond motifs is 1. The highest BCUT2D eigenvalue weighted by Crippen LogP contribution is 2.34. The number of rotatable bonds is 2. The van der Waals surface area contributed by atoms with Crippen LogP contribution in [0.3, 0.4) is 0 Å². The zero-order valence-electron chi connectivity index (χ0n) is 14.0. The Morgan fingerprint density at radius 1 is 1.17 bits per heavy atom. The van der Waals surface area contributed by atoms with Crippen molar-refractivity contribution in [3.63, 3.8) is 0 Å². The highest BCUT2D eigenvalue weighted by Gasteiger charge is 2.23. The van der Waals surface area contributed by atoms with Crippen LogP contribution in [0.4, 0.5) is 0 Å². The van der Waals surface area contributed by atoms with Crippen LogP contribution in [0, 0.1) is 6.92 Å². The highest BCUT2D eigenvalue weighted by atomic mass is 15.2. The van der Waals surface area contributed by atoms with E-state index in [1.54, 1.807) is 0 Å². The average molecular weight is 307 g/mol. The Morgan fingerprint density at radius 3 is 2.74 bits per heavy atom. The van der Waals surface area contributed by atoms with Gasteiger partial charge in [0.2, 0.25) is 0 Å². The van der Waals surface area contributed by atoms with Gasteiger partial charge in [-0.05, 0) is 55.0 Å². The minimum atomic E-state index is 0.679. The molecular weight excluding hydrogens is 282 g/mol. The molecule has 4 rings (SSSR count). The number of hydrogen-bond acceptors (Lipinski definition) is 2. The number of benzene rings is 1. The zero-order chi connectivity index (χ0) is 15.8. The van der Waals surface area contributed by atoms with Crippen LogP contribution in [-0.4, -0.2) is 41.5 Å². The van der Waals surface area contributed by atoms with Crippen molar-refractivity contribution in [3.8, 4) is 0 Å². The van der Waals surface area contributed by atoms with Gasteiger partial charge in [0.1, 0.15) is 0 Å². The lowest BCUT2D eigenvalue weighted by Crippen LogP contribution is -2.33. The number of H-pyrrole nitrogens is 1. The van der Waals surface area contributed by atoms with Gasteiger partial charge in [-0.1, -0.05) is 12.1 Å². The summed E-state index contributed by atoms with van der Waals surface area (Å²) in [6, 6.07) is 6.76. The largest absolute Gasteiger partial charge is 0.377 e. The van der Waals surface area contributed by atoms with Crippen molar-refractivity contribution in [1.29, 1.82) is 0 Å². The van der Waals surface area contributed by atoms with E-state index in [-0.39, 0.29) is 0 Å². The van der Waals surface area contributed by atoms with Gasteiger partial charge in [0.05, 0.1) is 0 Å². The van der Waals surface area contributed by atoms with E-state index >= 15 is 0 Å². The van der Waals surface area contributed by atoms with Crippen molar-refractivity contribution in [2.75, 3.05) is 26.7 Å². The second kappa shape index (κ2) is 5.80. The smallest absolute Gasteiger partial charge is 0.0459 e. The Morgan fingerprint density at radius 2 is 2.00 bits per heavy atom. The Labute approximate surface area is 138 Å². The molecule has 2 aromatic rings. The first-order valence-electron chi connectivity index (χ1n) is 8.62. The third-order valence-corrected chi connectivity index (χ3v) is 5.26. The van der Waals surface area contributed by atoms with E-state index in [9.17, 15) is 0 Å². The second-order valence-electron chi connectivity index (χ2n) is 6.94. The van der Waals surface area contributed by atoms with Crippen molar-refractivity contribution in [2.24, 2.45) is 0 Å². The van der Waals surface area contributed by atoms with Gasteiger partial charge >= 0.3 is 0 Å². The Kier molecular flexibility index (Phi) is 3.64. The number of piperidine rings is 1. The van der Waals surface area contributed by atoms with Crippen LogP contribution in [0.5, 0.6) is 0 Å². The van der Waals surface area contributed by atoms with Crippen molar-refractivity contribution < 1.29 is 0 Å². The van der Waals surface area contributed by atoms with Crippen molar-refractivity contribution >= 4 is 10.9 Å². The predicted octanol–water partition coefficient (Wildman–Crippen LogP) is 4.00. The molecule has 1 aromatic heterocycles. The summed E-state index contributed by atoms with van der Waals surface area (Å²) in [5.41, 5.74) is 5.51. The monoisotopic (exact) mass is 307 g/mol. The first kappa shape index (κ1) is 14.4. The molecule has 3 heterocycles. The fourth-order valence-electron chi connectivity index (χ4n) is 3.85. The fourth-order valence-corrected chi connectivity index (χ4v) is 3.85. The lowest BCUT2D eigenvalue weighted by atomic mass is 9.89. The summed E-state index contributed by atoms with van der Waals surface area (Å²) in [6.45, 7) is 5.49. The molecule has 0 aliphatic carbocycles. The van der Waals surface area contributed by atoms with E-state index in [1.165, 1.54) is 40.6 Å². The normalized spacial score (nSPS) is 19.5. The van der Waals surface area contributed by atoms with Crippen LogP contribution in [-0.2, 0) is 0 Å². The van der Waals surface area contributed by atoms with Crippen LogP contribution in [0.25, 0.3) is 10.9 Å². The molecule has 0 radical (unpaired) electrons. The van der Waals surface area contributed by atoms with Gasteiger partial charge in [-0.3, -0.25) is 0 Å². The Bertz CT molecular complexity index is 760. The summed E-state index contributed by atoms with van der Waals surface area (Å²) < 4.78 is 0. The maximum atomic E-state index is 3.46. The van der Waals surface area contributed by atoms with Crippen molar-refractivity contribution in [2.45, 2.75) is 25.7 Å². The molecule has 1 aromatic carbocycles. The molecule has 1 N–H and O–H groups in total. The second-order valence-corrected chi connectivity index (χ2v) is 6.94. The topological polar surface area (TPSA) is 22.3 Å². The number of aryl methyl sites for hydroxylation is 1. The Balaban J connectivity index is 1.48. The lowest BCUT2D eigenvalue weighted by molar-refractivity contribution is 0.267. The summed E-state index contributed by atoms with van der Waals surface area (Å²) in [6.07, 6.45) is 11.5. The molecule has 0 bridgehead atoms. The molecule has 3 nitrogen and oxygen atoms in total. The number of allylic oxidation sites excluding steroid dienone is 1. The molecule has 3 heteroatoms. The summed E-state index contributed by atoms with van der Waals surface area (Å²) in [7, 11) is 2.12. The average Bonchev–Trinajstić information content (AvgIpc) is 2.99. The minimum Gasteiger partial charge on any atom is -0.377 e. The van der Waals surface area contributed by atoms with E-state index in [4.69, 9.17) is 0 Å². The summed E-state index contributed by atoms with van der Waals surface area (Å²) in [4.78, 5) is 8.22. The molecule has 2 aliphatic rings.